The molecule has 0 bridgehead atoms. The molecule has 1 aromatic heterocycles. The molecule has 0 unspecified atom stereocenters. The number of thiazole rings is 1. The fourth-order valence-electron chi connectivity index (χ4n) is 3.41. The molecule has 0 radical (unpaired) electrons. The van der Waals surface area contributed by atoms with Crippen molar-refractivity contribution in [2.24, 2.45) is 5.92 Å². The number of nitrogens with one attached hydrogen (secondary N) is 2. The van der Waals surface area contributed by atoms with E-state index in [9.17, 15) is 9.59 Å². The lowest BCUT2D eigenvalue weighted by Gasteiger charge is -2.30. The van der Waals surface area contributed by atoms with Crippen LogP contribution in [0, 0.1) is 19.8 Å². The van der Waals surface area contributed by atoms with Crippen molar-refractivity contribution >= 4 is 28.3 Å². The van der Waals surface area contributed by atoms with Crippen molar-refractivity contribution in [3.05, 3.63) is 46.0 Å². The van der Waals surface area contributed by atoms with Gasteiger partial charge < -0.3 is 10.6 Å². The first kappa shape index (κ1) is 20.5. The highest BCUT2D eigenvalue weighted by atomic mass is 32.1. The molecule has 3 rings (SSSR count). The molecule has 0 aliphatic carbocycles. The van der Waals surface area contributed by atoms with Crippen molar-refractivity contribution in [1.29, 1.82) is 0 Å². The van der Waals surface area contributed by atoms with Gasteiger partial charge in [0.25, 0.3) is 5.91 Å². The molecule has 0 spiro atoms. The summed E-state index contributed by atoms with van der Waals surface area (Å²) in [7, 11) is 0. The predicted molar refractivity (Wildman–Crippen MR) is 113 cm³/mol. The third-order valence-corrected chi connectivity index (χ3v) is 5.91. The molecular formula is C21H28N4O2S. The summed E-state index contributed by atoms with van der Waals surface area (Å²) in [6, 6.07) is 5.51. The highest BCUT2D eigenvalue weighted by molar-refractivity contribution is 7.13. The molecule has 1 saturated heterocycles. The smallest absolute Gasteiger partial charge is 0.251 e. The number of aromatic nitrogens is 1. The van der Waals surface area contributed by atoms with E-state index in [0.29, 0.717) is 10.7 Å². The van der Waals surface area contributed by atoms with Crippen LogP contribution in [0.25, 0.3) is 0 Å². The van der Waals surface area contributed by atoms with Crippen LogP contribution in [0.4, 0.5) is 5.13 Å². The number of hydrogen-bond donors (Lipinski definition) is 2. The topological polar surface area (TPSA) is 74.3 Å². The Kier molecular flexibility index (Phi) is 6.80. The number of hydrogen-bond acceptors (Lipinski definition) is 5. The Morgan fingerprint density at radius 3 is 2.86 bits per heavy atom. The van der Waals surface area contributed by atoms with Crippen LogP contribution in [0.5, 0.6) is 0 Å². The summed E-state index contributed by atoms with van der Waals surface area (Å²) >= 11 is 1.42. The molecule has 28 heavy (non-hydrogen) atoms. The molecule has 2 heterocycles. The van der Waals surface area contributed by atoms with Crippen molar-refractivity contribution in [1.82, 2.24) is 15.2 Å². The maximum atomic E-state index is 12.2. The zero-order chi connectivity index (χ0) is 20.1. The summed E-state index contributed by atoms with van der Waals surface area (Å²) in [4.78, 5) is 31.3. The number of piperidine rings is 1. The van der Waals surface area contributed by atoms with Gasteiger partial charge in [0.15, 0.2) is 5.13 Å². The number of aryl methyl sites for hydroxylation is 2. The molecule has 1 aliphatic rings. The molecule has 150 valence electrons. The third kappa shape index (κ3) is 5.62. The van der Waals surface area contributed by atoms with Gasteiger partial charge in [-0.05, 0) is 62.4 Å². The molecule has 2 aromatic rings. The number of likely N-dealkylation sites (tertiary alicyclic amines) is 1. The van der Waals surface area contributed by atoms with E-state index in [4.69, 9.17) is 0 Å². The first-order valence-electron chi connectivity index (χ1n) is 9.73. The minimum atomic E-state index is -0.273. The minimum absolute atomic E-state index is 0.0791. The van der Waals surface area contributed by atoms with Crippen LogP contribution < -0.4 is 10.6 Å². The number of amides is 2. The Hall–Kier alpha value is -2.25. The molecule has 1 atom stereocenters. The first-order valence-corrected chi connectivity index (χ1v) is 10.6. The highest BCUT2D eigenvalue weighted by Crippen LogP contribution is 2.20. The Balaban J connectivity index is 1.46. The first-order chi connectivity index (χ1) is 13.4. The van der Waals surface area contributed by atoms with E-state index in [1.807, 2.05) is 31.4 Å². The van der Waals surface area contributed by atoms with Crippen molar-refractivity contribution in [3.63, 3.8) is 0 Å². The lowest BCUT2D eigenvalue weighted by Crippen LogP contribution is -2.34. The quantitative estimate of drug-likeness (QED) is 0.780. The van der Waals surface area contributed by atoms with E-state index in [0.717, 1.165) is 42.4 Å². The number of nitrogens with zero attached hydrogens (tertiary/aromatic N) is 2. The second-order valence-corrected chi connectivity index (χ2v) is 8.51. The lowest BCUT2D eigenvalue weighted by molar-refractivity contribution is -0.115. The second-order valence-electron chi connectivity index (χ2n) is 7.66. The van der Waals surface area contributed by atoms with E-state index < -0.39 is 0 Å². The van der Waals surface area contributed by atoms with Crippen LogP contribution in [0.2, 0.25) is 0 Å². The second kappa shape index (κ2) is 9.30. The summed E-state index contributed by atoms with van der Waals surface area (Å²) in [5.41, 5.74) is 3.72. The average Bonchev–Trinajstić information content (AvgIpc) is 3.08. The molecule has 2 amide bonds. The standard InChI is InChI=1S/C21H28N4O2S/c1-14-5-4-8-25(11-14)12-18-13-28-21(23-18)24-19(26)10-22-20(27)17-7-6-15(2)16(3)9-17/h6-7,9,13-14H,4-5,8,10-12H2,1-3H3,(H,22,27)(H,23,24,26)/t14-/m1/s1. The normalized spacial score (nSPS) is 17.3. The molecule has 7 heteroatoms. The van der Waals surface area contributed by atoms with Crippen molar-refractivity contribution in [2.75, 3.05) is 25.0 Å². The summed E-state index contributed by atoms with van der Waals surface area (Å²) in [5.74, 6) is 0.203. The molecule has 1 fully saturated rings. The number of benzene rings is 1. The van der Waals surface area contributed by atoms with E-state index >= 15 is 0 Å². The van der Waals surface area contributed by atoms with Gasteiger partial charge in [-0.15, -0.1) is 11.3 Å². The lowest BCUT2D eigenvalue weighted by atomic mass is 10.0. The molecule has 0 saturated carbocycles. The average molecular weight is 401 g/mol. The summed E-state index contributed by atoms with van der Waals surface area (Å²) in [6.07, 6.45) is 2.53. The number of carbonyl (C=O) groups excluding carboxylic acids is 2. The Bertz CT molecular complexity index is 849. The summed E-state index contributed by atoms with van der Waals surface area (Å²) in [5, 5.41) is 7.99. The monoisotopic (exact) mass is 400 g/mol. The van der Waals surface area contributed by atoms with Crippen molar-refractivity contribution in [3.8, 4) is 0 Å². The summed E-state index contributed by atoms with van der Waals surface area (Å²) < 4.78 is 0. The van der Waals surface area contributed by atoms with E-state index in [2.05, 4.69) is 27.4 Å². The Morgan fingerprint density at radius 1 is 1.29 bits per heavy atom. The van der Waals surface area contributed by atoms with Crippen LogP contribution in [-0.2, 0) is 11.3 Å². The Morgan fingerprint density at radius 2 is 2.11 bits per heavy atom. The SMILES string of the molecule is Cc1ccc(C(=O)NCC(=O)Nc2nc(CN3CCC[C@@H](C)C3)cs2)cc1C. The van der Waals surface area contributed by atoms with Crippen LogP contribution in [0.3, 0.4) is 0 Å². The van der Waals surface area contributed by atoms with Gasteiger partial charge in [0.1, 0.15) is 0 Å². The number of carbonyl (C=O) groups is 2. The molecule has 1 aliphatic heterocycles. The van der Waals surface area contributed by atoms with Gasteiger partial charge in [-0.3, -0.25) is 14.5 Å². The zero-order valence-corrected chi connectivity index (χ0v) is 17.6. The van der Waals surface area contributed by atoms with E-state index in [1.54, 1.807) is 6.07 Å². The molecule has 1 aromatic carbocycles. The van der Waals surface area contributed by atoms with Gasteiger partial charge in [-0.1, -0.05) is 13.0 Å². The molecule has 6 nitrogen and oxygen atoms in total. The minimum Gasteiger partial charge on any atom is -0.343 e. The van der Waals surface area contributed by atoms with Crippen LogP contribution >= 0.6 is 11.3 Å². The van der Waals surface area contributed by atoms with Gasteiger partial charge in [0, 0.05) is 24.0 Å². The van der Waals surface area contributed by atoms with Crippen LogP contribution in [0.15, 0.2) is 23.6 Å². The largest absolute Gasteiger partial charge is 0.343 e. The van der Waals surface area contributed by atoms with Crippen molar-refractivity contribution < 1.29 is 9.59 Å². The van der Waals surface area contributed by atoms with Gasteiger partial charge in [-0.2, -0.15) is 0 Å². The van der Waals surface area contributed by atoms with Crippen LogP contribution in [-0.4, -0.2) is 41.3 Å². The molecule has 2 N–H and O–H groups in total. The number of anilines is 1. The fraction of sp³-hybridized carbons (Fsp3) is 0.476. The zero-order valence-electron chi connectivity index (χ0n) is 16.7. The van der Waals surface area contributed by atoms with Crippen LogP contribution in [0.1, 0.15) is 46.9 Å². The maximum absolute atomic E-state index is 12.2. The molecular weight excluding hydrogens is 372 g/mol. The summed E-state index contributed by atoms with van der Waals surface area (Å²) in [6.45, 7) is 9.19. The Labute approximate surface area is 170 Å². The predicted octanol–water partition coefficient (Wildman–Crippen LogP) is 3.36. The van der Waals surface area contributed by atoms with E-state index in [1.165, 1.54) is 24.2 Å². The van der Waals surface area contributed by atoms with Gasteiger partial charge in [0.2, 0.25) is 5.91 Å². The van der Waals surface area contributed by atoms with Gasteiger partial charge >= 0.3 is 0 Å². The van der Waals surface area contributed by atoms with Crippen molar-refractivity contribution in [2.45, 2.75) is 40.2 Å². The number of rotatable bonds is 6. The fourth-order valence-corrected chi connectivity index (χ4v) is 4.12. The van der Waals surface area contributed by atoms with E-state index in [-0.39, 0.29) is 18.4 Å². The van der Waals surface area contributed by atoms with Gasteiger partial charge in [0.05, 0.1) is 12.2 Å². The third-order valence-electron chi connectivity index (χ3n) is 5.10. The highest BCUT2D eigenvalue weighted by Gasteiger charge is 2.17. The maximum Gasteiger partial charge on any atom is 0.251 e. The van der Waals surface area contributed by atoms with Gasteiger partial charge in [-0.25, -0.2) is 4.98 Å².